The molecule has 1 fully saturated rings. The molecule has 0 aromatic heterocycles. The number of rotatable bonds is 6. The number of nitrogens with one attached hydrogen (secondary N) is 1. The van der Waals surface area contributed by atoms with Crippen LogP contribution in [0.1, 0.15) is 16.7 Å². The van der Waals surface area contributed by atoms with Gasteiger partial charge in [-0.3, -0.25) is 0 Å². The van der Waals surface area contributed by atoms with Crippen LogP contribution in [0, 0.1) is 11.3 Å². The summed E-state index contributed by atoms with van der Waals surface area (Å²) in [5, 5.41) is 11.3. The Bertz CT molecular complexity index is 1070. The van der Waals surface area contributed by atoms with Crippen molar-refractivity contribution in [2.24, 2.45) is 5.73 Å². The number of halogens is 6. The molecule has 1 saturated heterocycles. The number of carbonyl (C=O) groups excluding carboxylic acids is 1. The fraction of sp³-hybridized carbons (Fsp3) is 0.333. The first-order valence-corrected chi connectivity index (χ1v) is 9.73. The van der Waals surface area contributed by atoms with Crippen LogP contribution in [0.4, 0.5) is 36.8 Å². The molecule has 0 bridgehead atoms. The molecular weight excluding hydrogens is 470 g/mol. The minimum absolute atomic E-state index is 0.175. The smallest absolute Gasteiger partial charge is 0.433 e. The van der Waals surface area contributed by atoms with Gasteiger partial charge in [-0.1, -0.05) is 12.1 Å². The molecule has 2 amide bonds. The van der Waals surface area contributed by atoms with E-state index in [0.29, 0.717) is 22.3 Å². The van der Waals surface area contributed by atoms with E-state index in [1.54, 1.807) is 12.1 Å². The largest absolute Gasteiger partial charge is 0.491 e. The normalized spacial score (nSPS) is 18.4. The van der Waals surface area contributed by atoms with Gasteiger partial charge in [0.15, 0.2) is 0 Å². The fourth-order valence-corrected chi connectivity index (χ4v) is 3.33. The molecule has 0 saturated carbocycles. The molecule has 3 N–H and O–H groups in total. The summed E-state index contributed by atoms with van der Waals surface area (Å²) in [6, 6.07) is 9.31. The van der Waals surface area contributed by atoms with E-state index in [0.717, 1.165) is 12.1 Å². The van der Waals surface area contributed by atoms with Gasteiger partial charge >= 0.3 is 18.4 Å². The highest BCUT2D eigenvalue weighted by molar-refractivity contribution is 5.71. The molecule has 0 unspecified atom stereocenters. The standard InChI is InChI=1S/C21H18F6N4O3/c22-20(23,24)17-7-14(4-3-13(17)8-28)31-10-16(34-18(31)21(25,26)27)11-33-15-5-1-12(2-6-15)9-30-19(29)32/h1-7,16,18H,9-11H2,(H3,29,30,32)/t16-,18-/m1/s1. The topological polar surface area (TPSA) is 101 Å². The first kappa shape index (κ1) is 25.0. The zero-order valence-electron chi connectivity index (χ0n) is 17.3. The number of nitrogens with two attached hydrogens (primary N) is 1. The fourth-order valence-electron chi connectivity index (χ4n) is 3.33. The number of urea groups is 1. The maximum atomic E-state index is 13.6. The van der Waals surface area contributed by atoms with Gasteiger partial charge in [0.25, 0.3) is 0 Å². The number of nitrogens with zero attached hydrogens (tertiary/aromatic N) is 2. The summed E-state index contributed by atoms with van der Waals surface area (Å²) in [4.78, 5) is 11.4. The van der Waals surface area contributed by atoms with Crippen molar-refractivity contribution in [1.29, 1.82) is 5.26 Å². The summed E-state index contributed by atoms with van der Waals surface area (Å²) in [6.45, 7) is -0.521. The minimum Gasteiger partial charge on any atom is -0.491 e. The van der Waals surface area contributed by atoms with E-state index in [2.05, 4.69) is 5.32 Å². The lowest BCUT2D eigenvalue weighted by Crippen LogP contribution is -2.42. The van der Waals surface area contributed by atoms with Crippen molar-refractivity contribution in [2.45, 2.75) is 31.2 Å². The SMILES string of the molecule is N#Cc1ccc(N2C[C@H](COc3ccc(CNC(N)=O)cc3)O[C@@H]2C(F)(F)F)cc1C(F)(F)F. The third-order valence-corrected chi connectivity index (χ3v) is 4.87. The molecule has 13 heteroatoms. The van der Waals surface area contributed by atoms with Crippen LogP contribution >= 0.6 is 0 Å². The molecule has 34 heavy (non-hydrogen) atoms. The number of primary amides is 1. The molecule has 182 valence electrons. The van der Waals surface area contributed by atoms with Crippen LogP contribution in [-0.2, 0) is 17.5 Å². The Labute approximate surface area is 189 Å². The van der Waals surface area contributed by atoms with Crippen LogP contribution in [0.15, 0.2) is 42.5 Å². The molecule has 0 radical (unpaired) electrons. The lowest BCUT2D eigenvalue weighted by atomic mass is 10.1. The molecule has 1 aliphatic rings. The van der Waals surface area contributed by atoms with Crippen molar-refractivity contribution < 1.29 is 40.6 Å². The Hall–Kier alpha value is -3.66. The van der Waals surface area contributed by atoms with E-state index < -0.39 is 48.4 Å². The van der Waals surface area contributed by atoms with Crippen LogP contribution in [0.2, 0.25) is 0 Å². The van der Waals surface area contributed by atoms with Gasteiger partial charge in [-0.15, -0.1) is 0 Å². The summed E-state index contributed by atoms with van der Waals surface area (Å²) in [5.74, 6) is 0.311. The Morgan fingerprint density at radius 3 is 2.41 bits per heavy atom. The van der Waals surface area contributed by atoms with Crippen molar-refractivity contribution in [3.05, 3.63) is 59.2 Å². The van der Waals surface area contributed by atoms with Crippen molar-refractivity contribution in [3.8, 4) is 11.8 Å². The highest BCUT2D eigenvalue weighted by Gasteiger charge is 2.51. The summed E-state index contributed by atoms with van der Waals surface area (Å²) in [6.07, 6.45) is -13.4. The first-order chi connectivity index (χ1) is 15.9. The van der Waals surface area contributed by atoms with Gasteiger partial charge in [0.05, 0.1) is 23.7 Å². The molecule has 2 atom stereocenters. The lowest BCUT2D eigenvalue weighted by molar-refractivity contribution is -0.215. The summed E-state index contributed by atoms with van der Waals surface area (Å²) in [5.41, 5.74) is 3.27. The Balaban J connectivity index is 1.73. The number of alkyl halides is 6. The van der Waals surface area contributed by atoms with Crippen molar-refractivity contribution in [2.75, 3.05) is 18.1 Å². The van der Waals surface area contributed by atoms with Crippen molar-refractivity contribution in [3.63, 3.8) is 0 Å². The number of hydrogen-bond donors (Lipinski definition) is 2. The van der Waals surface area contributed by atoms with Gasteiger partial charge in [-0.2, -0.15) is 31.6 Å². The number of nitriles is 1. The predicted molar refractivity (Wildman–Crippen MR) is 107 cm³/mol. The van der Waals surface area contributed by atoms with E-state index in [1.165, 1.54) is 18.2 Å². The maximum Gasteiger partial charge on any atom is 0.433 e. The highest BCUT2D eigenvalue weighted by atomic mass is 19.4. The van der Waals surface area contributed by atoms with Crippen LogP contribution in [0.3, 0.4) is 0 Å². The van der Waals surface area contributed by atoms with Crippen molar-refractivity contribution >= 4 is 11.7 Å². The van der Waals surface area contributed by atoms with Crippen LogP contribution in [0.5, 0.6) is 5.75 Å². The highest BCUT2D eigenvalue weighted by Crippen LogP contribution is 2.39. The van der Waals surface area contributed by atoms with Crippen molar-refractivity contribution in [1.82, 2.24) is 5.32 Å². The van der Waals surface area contributed by atoms with Crippen LogP contribution in [-0.4, -0.2) is 37.7 Å². The van der Waals surface area contributed by atoms with Crippen LogP contribution < -0.4 is 20.7 Å². The maximum absolute atomic E-state index is 13.6. The summed E-state index contributed by atoms with van der Waals surface area (Å²) in [7, 11) is 0. The molecule has 0 aliphatic carbocycles. The van der Waals surface area contributed by atoms with Gasteiger partial charge in [0, 0.05) is 12.2 Å². The molecule has 1 aliphatic heterocycles. The summed E-state index contributed by atoms with van der Waals surface area (Å²) < 4.78 is 91.0. The quantitative estimate of drug-likeness (QED) is 0.601. The average Bonchev–Trinajstić information content (AvgIpc) is 3.21. The number of hydrogen-bond acceptors (Lipinski definition) is 5. The number of benzene rings is 2. The zero-order chi connectivity index (χ0) is 25.1. The Morgan fingerprint density at radius 2 is 1.85 bits per heavy atom. The molecule has 7 nitrogen and oxygen atoms in total. The Morgan fingerprint density at radius 1 is 1.18 bits per heavy atom. The number of amides is 2. The van der Waals surface area contributed by atoms with E-state index in [1.807, 2.05) is 0 Å². The van der Waals surface area contributed by atoms with E-state index in [4.69, 9.17) is 20.5 Å². The zero-order valence-corrected chi connectivity index (χ0v) is 17.3. The molecular formula is C21H18F6N4O3. The predicted octanol–water partition coefficient (Wildman–Crippen LogP) is 3.92. The number of anilines is 1. The Kier molecular flexibility index (Phi) is 7.11. The second kappa shape index (κ2) is 9.68. The molecule has 1 heterocycles. The van der Waals surface area contributed by atoms with Gasteiger partial charge in [0.1, 0.15) is 18.5 Å². The third kappa shape index (κ3) is 6.02. The molecule has 0 spiro atoms. The number of carbonyl (C=O) groups is 1. The summed E-state index contributed by atoms with van der Waals surface area (Å²) >= 11 is 0. The third-order valence-electron chi connectivity index (χ3n) is 4.87. The van der Waals surface area contributed by atoms with Crippen LogP contribution in [0.25, 0.3) is 0 Å². The number of ether oxygens (including phenoxy) is 2. The average molecular weight is 488 g/mol. The van der Waals surface area contributed by atoms with Gasteiger partial charge in [-0.25, -0.2) is 4.79 Å². The lowest BCUT2D eigenvalue weighted by Gasteiger charge is -2.27. The molecule has 2 aromatic carbocycles. The van der Waals surface area contributed by atoms with E-state index in [9.17, 15) is 31.1 Å². The second-order valence-corrected chi connectivity index (χ2v) is 7.32. The molecule has 3 rings (SSSR count). The van der Waals surface area contributed by atoms with E-state index in [-0.39, 0.29) is 18.8 Å². The molecule has 2 aromatic rings. The first-order valence-electron chi connectivity index (χ1n) is 9.73. The monoisotopic (exact) mass is 488 g/mol. The van der Waals surface area contributed by atoms with Gasteiger partial charge < -0.3 is 25.4 Å². The van der Waals surface area contributed by atoms with E-state index >= 15 is 0 Å². The van der Waals surface area contributed by atoms with Gasteiger partial charge in [0.2, 0.25) is 6.23 Å². The second-order valence-electron chi connectivity index (χ2n) is 7.32. The van der Waals surface area contributed by atoms with Gasteiger partial charge in [-0.05, 0) is 35.9 Å². The minimum atomic E-state index is -4.92.